The molecule has 0 heterocycles. The number of para-hydroxylation sites is 1. The van der Waals surface area contributed by atoms with Gasteiger partial charge in [0.2, 0.25) is 0 Å². The molecule has 0 saturated heterocycles. The number of amides is 2. The molecule has 0 spiro atoms. The Morgan fingerprint density at radius 2 is 1.60 bits per heavy atom. The molecule has 0 aliphatic rings. The van der Waals surface area contributed by atoms with E-state index < -0.39 is 0 Å². The Kier molecular flexibility index (Phi) is 5.26. The number of ether oxygens (including phenoxy) is 1. The number of urea groups is 1. The second kappa shape index (κ2) is 7.97. The van der Waals surface area contributed by atoms with E-state index in [1.165, 1.54) is 12.1 Å². The lowest BCUT2D eigenvalue weighted by Gasteiger charge is -2.09. The number of carbonyl (C=O) groups excluding carboxylic acids is 1. The van der Waals surface area contributed by atoms with Gasteiger partial charge in [-0.25, -0.2) is 9.18 Å². The molecular formula is C20H17FN2O2. The minimum atomic E-state index is -0.360. The lowest BCUT2D eigenvalue weighted by molar-refractivity contribution is 0.251. The van der Waals surface area contributed by atoms with Crippen LogP contribution in [0.1, 0.15) is 5.56 Å². The minimum Gasteiger partial charge on any atom is -0.457 e. The summed E-state index contributed by atoms with van der Waals surface area (Å²) in [5.41, 5.74) is 1.33. The van der Waals surface area contributed by atoms with E-state index in [2.05, 4.69) is 10.6 Å². The van der Waals surface area contributed by atoms with E-state index in [4.69, 9.17) is 4.74 Å². The van der Waals surface area contributed by atoms with E-state index in [1.54, 1.807) is 36.4 Å². The van der Waals surface area contributed by atoms with Crippen molar-refractivity contribution in [2.45, 2.75) is 6.54 Å². The number of benzene rings is 3. The van der Waals surface area contributed by atoms with Gasteiger partial charge < -0.3 is 15.4 Å². The highest BCUT2D eigenvalue weighted by Crippen LogP contribution is 2.22. The third-order valence-electron chi connectivity index (χ3n) is 3.43. The first-order valence-electron chi connectivity index (χ1n) is 7.81. The van der Waals surface area contributed by atoms with Gasteiger partial charge in [0.15, 0.2) is 0 Å². The molecule has 3 aromatic carbocycles. The van der Waals surface area contributed by atoms with E-state index in [0.29, 0.717) is 17.0 Å². The van der Waals surface area contributed by atoms with Crippen LogP contribution in [0, 0.1) is 5.82 Å². The molecule has 0 aliphatic heterocycles. The molecule has 0 saturated carbocycles. The van der Waals surface area contributed by atoms with Gasteiger partial charge in [0.05, 0.1) is 0 Å². The van der Waals surface area contributed by atoms with Crippen LogP contribution in [0.4, 0.5) is 14.9 Å². The molecule has 2 N–H and O–H groups in total. The highest BCUT2D eigenvalue weighted by molar-refractivity contribution is 5.89. The summed E-state index contributed by atoms with van der Waals surface area (Å²) >= 11 is 0. The van der Waals surface area contributed by atoms with E-state index in [-0.39, 0.29) is 18.4 Å². The van der Waals surface area contributed by atoms with Crippen LogP contribution in [-0.4, -0.2) is 6.03 Å². The molecule has 0 bridgehead atoms. The molecule has 25 heavy (non-hydrogen) atoms. The lowest BCUT2D eigenvalue weighted by atomic mass is 10.2. The van der Waals surface area contributed by atoms with E-state index in [0.717, 1.165) is 5.75 Å². The smallest absolute Gasteiger partial charge is 0.319 e. The quantitative estimate of drug-likeness (QED) is 0.693. The van der Waals surface area contributed by atoms with Crippen molar-refractivity contribution < 1.29 is 13.9 Å². The van der Waals surface area contributed by atoms with Gasteiger partial charge in [0.25, 0.3) is 0 Å². The monoisotopic (exact) mass is 336 g/mol. The summed E-state index contributed by atoms with van der Waals surface area (Å²) in [4.78, 5) is 11.9. The zero-order valence-corrected chi connectivity index (χ0v) is 13.4. The number of carbonyl (C=O) groups is 1. The Morgan fingerprint density at radius 1 is 0.880 bits per heavy atom. The first kappa shape index (κ1) is 16.5. The molecule has 0 radical (unpaired) electrons. The standard InChI is InChI=1S/C20H17FN2O2/c21-16-6-4-5-15(13-16)14-22-20(24)23-17-9-11-19(12-10-17)25-18-7-2-1-3-8-18/h1-13H,14H2,(H2,22,23,24). The van der Waals surface area contributed by atoms with Gasteiger partial charge in [-0.2, -0.15) is 0 Å². The number of halogens is 1. The first-order chi connectivity index (χ1) is 12.2. The highest BCUT2D eigenvalue weighted by Gasteiger charge is 2.03. The predicted molar refractivity (Wildman–Crippen MR) is 95.2 cm³/mol. The summed E-state index contributed by atoms with van der Waals surface area (Å²) in [7, 11) is 0. The van der Waals surface area contributed by atoms with Crippen LogP contribution in [0.2, 0.25) is 0 Å². The van der Waals surface area contributed by atoms with Crippen LogP contribution in [-0.2, 0) is 6.54 Å². The first-order valence-corrected chi connectivity index (χ1v) is 7.81. The topological polar surface area (TPSA) is 50.4 Å². The van der Waals surface area contributed by atoms with Crippen molar-refractivity contribution >= 4 is 11.7 Å². The van der Waals surface area contributed by atoms with Crippen molar-refractivity contribution in [3.05, 3.63) is 90.2 Å². The second-order valence-corrected chi connectivity index (χ2v) is 5.38. The number of anilines is 1. The summed E-state index contributed by atoms with van der Waals surface area (Å²) in [5, 5.41) is 5.40. The van der Waals surface area contributed by atoms with E-state index >= 15 is 0 Å². The Hall–Kier alpha value is -3.34. The molecular weight excluding hydrogens is 319 g/mol. The average Bonchev–Trinajstić information content (AvgIpc) is 2.63. The molecule has 4 nitrogen and oxygen atoms in total. The highest BCUT2D eigenvalue weighted by atomic mass is 19.1. The lowest BCUT2D eigenvalue weighted by Crippen LogP contribution is -2.28. The fourth-order valence-electron chi connectivity index (χ4n) is 2.24. The van der Waals surface area contributed by atoms with Crippen molar-refractivity contribution in [1.29, 1.82) is 0 Å². The molecule has 0 aliphatic carbocycles. The second-order valence-electron chi connectivity index (χ2n) is 5.38. The summed E-state index contributed by atoms with van der Waals surface area (Å²) in [5.74, 6) is 1.10. The summed E-state index contributed by atoms with van der Waals surface area (Å²) in [6.45, 7) is 0.249. The van der Waals surface area contributed by atoms with Gasteiger partial charge in [0.1, 0.15) is 17.3 Å². The fraction of sp³-hybridized carbons (Fsp3) is 0.0500. The van der Waals surface area contributed by atoms with Crippen LogP contribution >= 0.6 is 0 Å². The van der Waals surface area contributed by atoms with Gasteiger partial charge >= 0.3 is 6.03 Å². The molecule has 0 atom stereocenters. The summed E-state index contributed by atoms with van der Waals surface area (Å²) < 4.78 is 18.8. The maximum atomic E-state index is 13.1. The third kappa shape index (κ3) is 5.07. The summed E-state index contributed by atoms with van der Waals surface area (Å²) in [6.07, 6.45) is 0. The van der Waals surface area contributed by atoms with Crippen LogP contribution in [0.5, 0.6) is 11.5 Å². The van der Waals surface area contributed by atoms with Crippen LogP contribution in [0.25, 0.3) is 0 Å². The normalized spacial score (nSPS) is 10.1. The molecule has 3 rings (SSSR count). The fourth-order valence-corrected chi connectivity index (χ4v) is 2.24. The minimum absolute atomic E-state index is 0.249. The molecule has 126 valence electrons. The summed E-state index contributed by atoms with van der Waals surface area (Å²) in [6, 6.07) is 22.2. The largest absolute Gasteiger partial charge is 0.457 e. The van der Waals surface area contributed by atoms with Crippen molar-refractivity contribution in [3.63, 3.8) is 0 Å². The van der Waals surface area contributed by atoms with Gasteiger partial charge in [-0.1, -0.05) is 30.3 Å². The Bertz CT molecular complexity index is 836. The third-order valence-corrected chi connectivity index (χ3v) is 3.43. The predicted octanol–water partition coefficient (Wildman–Crippen LogP) is 4.94. The van der Waals surface area contributed by atoms with E-state index in [9.17, 15) is 9.18 Å². The van der Waals surface area contributed by atoms with Crippen molar-refractivity contribution in [2.75, 3.05) is 5.32 Å². The van der Waals surface area contributed by atoms with Crippen LogP contribution < -0.4 is 15.4 Å². The number of hydrogen-bond acceptors (Lipinski definition) is 2. The van der Waals surface area contributed by atoms with Gasteiger partial charge in [-0.3, -0.25) is 0 Å². The van der Waals surface area contributed by atoms with E-state index in [1.807, 2.05) is 30.3 Å². The number of hydrogen-bond donors (Lipinski definition) is 2. The van der Waals surface area contributed by atoms with Gasteiger partial charge in [-0.15, -0.1) is 0 Å². The van der Waals surface area contributed by atoms with Crippen molar-refractivity contribution in [3.8, 4) is 11.5 Å². The average molecular weight is 336 g/mol. The molecule has 3 aromatic rings. The van der Waals surface area contributed by atoms with Crippen LogP contribution in [0.15, 0.2) is 78.9 Å². The zero-order valence-electron chi connectivity index (χ0n) is 13.4. The maximum absolute atomic E-state index is 13.1. The Labute approximate surface area is 145 Å². The zero-order chi connectivity index (χ0) is 17.5. The molecule has 2 amide bonds. The number of rotatable bonds is 5. The Morgan fingerprint density at radius 3 is 2.32 bits per heavy atom. The van der Waals surface area contributed by atoms with Gasteiger partial charge in [-0.05, 0) is 54.1 Å². The molecule has 5 heteroatoms. The molecule has 0 aromatic heterocycles. The SMILES string of the molecule is O=C(NCc1cccc(F)c1)Nc1ccc(Oc2ccccc2)cc1. The Balaban J connectivity index is 1.51. The van der Waals surface area contributed by atoms with Crippen molar-refractivity contribution in [2.24, 2.45) is 0 Å². The van der Waals surface area contributed by atoms with Crippen molar-refractivity contribution in [1.82, 2.24) is 5.32 Å². The number of nitrogens with one attached hydrogen (secondary N) is 2. The maximum Gasteiger partial charge on any atom is 0.319 e. The molecule has 0 unspecified atom stereocenters. The molecule has 0 fully saturated rings. The van der Waals surface area contributed by atoms with Crippen LogP contribution in [0.3, 0.4) is 0 Å². The van der Waals surface area contributed by atoms with Gasteiger partial charge in [0, 0.05) is 12.2 Å².